The van der Waals surface area contributed by atoms with Gasteiger partial charge in [0.15, 0.2) is 0 Å². The summed E-state index contributed by atoms with van der Waals surface area (Å²) in [5.74, 6) is 0.0200. The number of hydrogen-bond donors (Lipinski definition) is 4. The average molecular weight is 298 g/mol. The molecule has 2 aliphatic heterocycles. The van der Waals surface area contributed by atoms with Crippen molar-refractivity contribution in [1.82, 2.24) is 20.9 Å². The molecule has 0 aliphatic carbocycles. The van der Waals surface area contributed by atoms with Crippen molar-refractivity contribution >= 4 is 12.0 Å². The Labute approximate surface area is 125 Å². The SMILES string of the molecule is O=C(NCCNC1CCNCC1)C1CCN(C(=O)O)CC1. The summed E-state index contributed by atoms with van der Waals surface area (Å²) < 4.78 is 0. The van der Waals surface area contributed by atoms with E-state index in [0.717, 1.165) is 32.5 Å². The lowest BCUT2D eigenvalue weighted by molar-refractivity contribution is -0.126. The predicted molar refractivity (Wildman–Crippen MR) is 79.2 cm³/mol. The molecule has 2 aliphatic rings. The highest BCUT2D eigenvalue weighted by Gasteiger charge is 2.26. The summed E-state index contributed by atoms with van der Waals surface area (Å²) in [6.07, 6.45) is 2.64. The maximum atomic E-state index is 12.0. The lowest BCUT2D eigenvalue weighted by Gasteiger charge is -2.29. The van der Waals surface area contributed by atoms with E-state index in [4.69, 9.17) is 5.11 Å². The Hall–Kier alpha value is -1.34. The minimum absolute atomic E-state index is 0.0421. The standard InChI is InChI=1S/C14H26N4O3/c19-13(11-3-9-18(10-4-11)14(20)21)17-8-7-16-12-1-5-15-6-2-12/h11-12,15-16H,1-10H2,(H,17,19)(H,20,21). The first-order chi connectivity index (χ1) is 10.2. The fourth-order valence-corrected chi connectivity index (χ4v) is 2.97. The number of nitrogens with one attached hydrogen (secondary N) is 3. The zero-order valence-electron chi connectivity index (χ0n) is 12.4. The van der Waals surface area contributed by atoms with Crippen molar-refractivity contribution in [2.24, 2.45) is 5.92 Å². The van der Waals surface area contributed by atoms with Crippen LogP contribution >= 0.6 is 0 Å². The molecule has 2 rings (SSSR count). The van der Waals surface area contributed by atoms with Crippen molar-refractivity contribution < 1.29 is 14.7 Å². The van der Waals surface area contributed by atoms with Gasteiger partial charge in [-0.05, 0) is 38.8 Å². The first-order valence-electron chi connectivity index (χ1n) is 7.86. The third-order valence-electron chi connectivity index (χ3n) is 4.33. The molecule has 4 N–H and O–H groups in total. The van der Waals surface area contributed by atoms with Gasteiger partial charge in [0, 0.05) is 38.1 Å². The van der Waals surface area contributed by atoms with Crippen LogP contribution in [0.2, 0.25) is 0 Å². The Morgan fingerprint density at radius 1 is 1.10 bits per heavy atom. The third-order valence-corrected chi connectivity index (χ3v) is 4.33. The van der Waals surface area contributed by atoms with Gasteiger partial charge in [-0.15, -0.1) is 0 Å². The van der Waals surface area contributed by atoms with Crippen molar-refractivity contribution in [2.75, 3.05) is 39.3 Å². The molecule has 0 spiro atoms. The smallest absolute Gasteiger partial charge is 0.407 e. The fourth-order valence-electron chi connectivity index (χ4n) is 2.97. The molecule has 7 nitrogen and oxygen atoms in total. The summed E-state index contributed by atoms with van der Waals surface area (Å²) in [7, 11) is 0. The first kappa shape index (κ1) is 16.0. The molecule has 2 heterocycles. The second kappa shape index (κ2) is 8.19. The number of rotatable bonds is 5. The molecule has 0 radical (unpaired) electrons. The van der Waals surface area contributed by atoms with Crippen LogP contribution in [0.25, 0.3) is 0 Å². The molecule has 0 saturated carbocycles. The van der Waals surface area contributed by atoms with Crippen LogP contribution in [0.4, 0.5) is 4.79 Å². The second-order valence-corrected chi connectivity index (χ2v) is 5.81. The van der Waals surface area contributed by atoms with Crippen LogP contribution in [-0.2, 0) is 4.79 Å². The lowest BCUT2D eigenvalue weighted by Crippen LogP contribution is -2.45. The van der Waals surface area contributed by atoms with E-state index in [9.17, 15) is 9.59 Å². The van der Waals surface area contributed by atoms with E-state index in [1.165, 1.54) is 4.90 Å². The van der Waals surface area contributed by atoms with Gasteiger partial charge in [-0.25, -0.2) is 4.79 Å². The molecule has 2 saturated heterocycles. The van der Waals surface area contributed by atoms with E-state index < -0.39 is 6.09 Å². The maximum absolute atomic E-state index is 12.0. The monoisotopic (exact) mass is 298 g/mol. The van der Waals surface area contributed by atoms with E-state index in [-0.39, 0.29) is 11.8 Å². The van der Waals surface area contributed by atoms with Gasteiger partial charge in [-0.1, -0.05) is 0 Å². The molecule has 0 aromatic rings. The fraction of sp³-hybridized carbons (Fsp3) is 0.857. The van der Waals surface area contributed by atoms with Gasteiger partial charge in [-0.2, -0.15) is 0 Å². The number of carbonyl (C=O) groups excluding carboxylic acids is 1. The Morgan fingerprint density at radius 2 is 1.76 bits per heavy atom. The summed E-state index contributed by atoms with van der Waals surface area (Å²) in [6.45, 7) is 4.48. The Morgan fingerprint density at radius 3 is 2.38 bits per heavy atom. The van der Waals surface area contributed by atoms with Crippen molar-refractivity contribution in [3.05, 3.63) is 0 Å². The highest BCUT2D eigenvalue weighted by atomic mass is 16.4. The van der Waals surface area contributed by atoms with Crippen LogP contribution in [0.3, 0.4) is 0 Å². The zero-order valence-corrected chi connectivity index (χ0v) is 12.4. The van der Waals surface area contributed by atoms with Crippen molar-refractivity contribution in [3.63, 3.8) is 0 Å². The molecule has 0 unspecified atom stereocenters. The Balaban J connectivity index is 1.56. The summed E-state index contributed by atoms with van der Waals surface area (Å²) in [4.78, 5) is 24.2. The molecule has 7 heteroatoms. The molecular formula is C14H26N4O3. The number of piperidine rings is 2. The van der Waals surface area contributed by atoms with Crippen LogP contribution in [0.1, 0.15) is 25.7 Å². The zero-order chi connectivity index (χ0) is 15.1. The predicted octanol–water partition coefficient (Wildman–Crippen LogP) is -0.166. The minimum atomic E-state index is -0.889. The lowest BCUT2D eigenvalue weighted by atomic mass is 9.96. The number of likely N-dealkylation sites (tertiary alicyclic amines) is 1. The molecule has 21 heavy (non-hydrogen) atoms. The molecule has 120 valence electrons. The molecule has 2 amide bonds. The quantitative estimate of drug-likeness (QED) is 0.529. The van der Waals surface area contributed by atoms with Gasteiger partial charge in [0.05, 0.1) is 0 Å². The van der Waals surface area contributed by atoms with Gasteiger partial charge < -0.3 is 26.0 Å². The summed E-state index contributed by atoms with van der Waals surface area (Å²) in [6, 6.07) is 0.557. The van der Waals surface area contributed by atoms with Crippen LogP contribution < -0.4 is 16.0 Å². The van der Waals surface area contributed by atoms with Crippen LogP contribution in [0, 0.1) is 5.92 Å². The highest BCUT2D eigenvalue weighted by molar-refractivity contribution is 5.79. The van der Waals surface area contributed by atoms with E-state index >= 15 is 0 Å². The topological polar surface area (TPSA) is 93.7 Å². The Kier molecular flexibility index (Phi) is 6.25. The van der Waals surface area contributed by atoms with Gasteiger partial charge in [0.25, 0.3) is 0 Å². The molecule has 0 aromatic carbocycles. The molecular weight excluding hydrogens is 272 g/mol. The van der Waals surface area contributed by atoms with Crippen molar-refractivity contribution in [2.45, 2.75) is 31.7 Å². The summed E-state index contributed by atoms with van der Waals surface area (Å²) in [5, 5.41) is 18.6. The van der Waals surface area contributed by atoms with Crippen LogP contribution in [0.15, 0.2) is 0 Å². The van der Waals surface area contributed by atoms with E-state index in [2.05, 4.69) is 16.0 Å². The number of carboxylic acid groups (broad SMARTS) is 1. The van der Waals surface area contributed by atoms with Gasteiger partial charge in [-0.3, -0.25) is 4.79 Å². The van der Waals surface area contributed by atoms with Gasteiger partial charge in [0.1, 0.15) is 0 Å². The second-order valence-electron chi connectivity index (χ2n) is 5.81. The first-order valence-corrected chi connectivity index (χ1v) is 7.86. The minimum Gasteiger partial charge on any atom is -0.465 e. The highest BCUT2D eigenvalue weighted by Crippen LogP contribution is 2.17. The average Bonchev–Trinajstić information content (AvgIpc) is 2.52. The summed E-state index contributed by atoms with van der Waals surface area (Å²) >= 11 is 0. The molecule has 0 aromatic heterocycles. The molecule has 2 fully saturated rings. The van der Waals surface area contributed by atoms with Crippen molar-refractivity contribution in [3.8, 4) is 0 Å². The van der Waals surface area contributed by atoms with E-state index in [1.807, 2.05) is 0 Å². The largest absolute Gasteiger partial charge is 0.465 e. The molecule has 0 bridgehead atoms. The van der Waals surface area contributed by atoms with Crippen LogP contribution in [0.5, 0.6) is 0 Å². The Bertz CT molecular complexity index is 350. The molecule has 0 atom stereocenters. The van der Waals surface area contributed by atoms with Crippen LogP contribution in [-0.4, -0.2) is 67.3 Å². The maximum Gasteiger partial charge on any atom is 0.407 e. The number of carbonyl (C=O) groups is 2. The van der Waals surface area contributed by atoms with Gasteiger partial charge >= 0.3 is 6.09 Å². The number of amides is 2. The third kappa shape index (κ3) is 5.17. The van der Waals surface area contributed by atoms with E-state index in [1.54, 1.807) is 0 Å². The number of hydrogen-bond acceptors (Lipinski definition) is 4. The van der Waals surface area contributed by atoms with Gasteiger partial charge in [0.2, 0.25) is 5.91 Å². The normalized spacial score (nSPS) is 21.2. The summed E-state index contributed by atoms with van der Waals surface area (Å²) in [5.41, 5.74) is 0. The van der Waals surface area contributed by atoms with Crippen molar-refractivity contribution in [1.29, 1.82) is 0 Å². The van der Waals surface area contributed by atoms with E-state index in [0.29, 0.717) is 38.5 Å². The number of nitrogens with zero attached hydrogens (tertiary/aromatic N) is 1.